The summed E-state index contributed by atoms with van der Waals surface area (Å²) in [5.41, 5.74) is 0.744. The lowest BCUT2D eigenvalue weighted by atomic mass is 10.2. The Hall–Kier alpha value is -1.07. The van der Waals surface area contributed by atoms with E-state index in [0.29, 0.717) is 0 Å². The molecule has 5 heteroatoms. The smallest absolute Gasteiger partial charge is 0.404 e. The summed E-state index contributed by atoms with van der Waals surface area (Å²) in [7, 11) is 0. The number of carbonyl (C=O) groups is 1. The highest BCUT2D eigenvalue weighted by molar-refractivity contribution is 7.07. The number of thiophene rings is 1. The van der Waals surface area contributed by atoms with Crippen LogP contribution in [-0.2, 0) is 0 Å². The third-order valence-electron chi connectivity index (χ3n) is 1.37. The molecule has 0 bridgehead atoms. The van der Waals surface area contributed by atoms with E-state index in [9.17, 15) is 9.90 Å². The molecular weight excluding hydrogens is 178 g/mol. The summed E-state index contributed by atoms with van der Waals surface area (Å²) in [6.45, 7) is 0.0338. The average Bonchev–Trinajstić information content (AvgIpc) is 2.51. The van der Waals surface area contributed by atoms with E-state index in [2.05, 4.69) is 5.32 Å². The molecule has 0 fully saturated rings. The first-order valence-electron chi connectivity index (χ1n) is 3.37. The molecule has 4 nitrogen and oxygen atoms in total. The molecule has 66 valence electrons. The SMILES string of the molecule is O=C(O)NCC(O)c1ccsc1. The van der Waals surface area contributed by atoms with Crippen LogP contribution in [-0.4, -0.2) is 22.9 Å². The van der Waals surface area contributed by atoms with E-state index < -0.39 is 12.2 Å². The van der Waals surface area contributed by atoms with Gasteiger partial charge in [-0.2, -0.15) is 11.3 Å². The van der Waals surface area contributed by atoms with Crippen LogP contribution in [0.3, 0.4) is 0 Å². The Kier molecular flexibility index (Phi) is 3.07. The van der Waals surface area contributed by atoms with Gasteiger partial charge in [-0.3, -0.25) is 0 Å². The lowest BCUT2D eigenvalue weighted by molar-refractivity contribution is 0.159. The van der Waals surface area contributed by atoms with Gasteiger partial charge in [0.1, 0.15) is 0 Å². The molecule has 0 spiro atoms. The van der Waals surface area contributed by atoms with Crippen LogP contribution in [0.4, 0.5) is 4.79 Å². The van der Waals surface area contributed by atoms with Gasteiger partial charge in [0, 0.05) is 0 Å². The average molecular weight is 187 g/mol. The van der Waals surface area contributed by atoms with E-state index in [0.717, 1.165) is 5.56 Å². The Labute approximate surface area is 73.5 Å². The van der Waals surface area contributed by atoms with Crippen LogP contribution in [0, 0.1) is 0 Å². The molecule has 1 unspecified atom stereocenters. The van der Waals surface area contributed by atoms with Gasteiger partial charge in [0.25, 0.3) is 0 Å². The Bertz CT molecular complexity index is 247. The molecule has 1 heterocycles. The molecule has 12 heavy (non-hydrogen) atoms. The van der Waals surface area contributed by atoms with Gasteiger partial charge in [0.05, 0.1) is 12.6 Å². The summed E-state index contributed by atoms with van der Waals surface area (Å²) in [5, 5.41) is 23.3. The Morgan fingerprint density at radius 1 is 1.75 bits per heavy atom. The number of nitrogens with one attached hydrogen (secondary N) is 1. The normalized spacial score (nSPS) is 12.4. The third kappa shape index (κ3) is 2.52. The molecule has 0 aromatic carbocycles. The molecule has 1 aromatic rings. The standard InChI is InChI=1S/C7H9NO3S/c9-6(3-8-7(10)11)5-1-2-12-4-5/h1-2,4,6,8-9H,3H2,(H,10,11). The van der Waals surface area contributed by atoms with E-state index in [1.54, 1.807) is 11.4 Å². The second kappa shape index (κ2) is 4.08. The van der Waals surface area contributed by atoms with Crippen LogP contribution < -0.4 is 5.32 Å². The van der Waals surface area contributed by atoms with E-state index in [-0.39, 0.29) is 6.54 Å². The van der Waals surface area contributed by atoms with Gasteiger partial charge in [-0.15, -0.1) is 0 Å². The minimum atomic E-state index is -1.12. The fourth-order valence-corrected chi connectivity index (χ4v) is 1.47. The molecule has 3 N–H and O–H groups in total. The Morgan fingerprint density at radius 2 is 2.50 bits per heavy atom. The van der Waals surface area contributed by atoms with Crippen LogP contribution in [0.25, 0.3) is 0 Å². The molecule has 0 saturated heterocycles. The van der Waals surface area contributed by atoms with Gasteiger partial charge in [-0.25, -0.2) is 4.79 Å². The van der Waals surface area contributed by atoms with E-state index in [1.807, 2.05) is 5.38 Å². The Balaban J connectivity index is 2.39. The van der Waals surface area contributed by atoms with Crippen molar-refractivity contribution in [2.45, 2.75) is 6.10 Å². The van der Waals surface area contributed by atoms with Gasteiger partial charge in [-0.1, -0.05) is 0 Å². The zero-order valence-electron chi connectivity index (χ0n) is 6.23. The minimum Gasteiger partial charge on any atom is -0.465 e. The van der Waals surface area contributed by atoms with Crippen LogP contribution in [0.2, 0.25) is 0 Å². The largest absolute Gasteiger partial charge is 0.465 e. The second-order valence-electron chi connectivity index (χ2n) is 2.26. The zero-order chi connectivity index (χ0) is 8.97. The predicted octanol–water partition coefficient (Wildman–Crippen LogP) is 1.05. The van der Waals surface area contributed by atoms with E-state index >= 15 is 0 Å². The maximum atomic E-state index is 10.1. The number of carboxylic acid groups (broad SMARTS) is 1. The van der Waals surface area contributed by atoms with Crippen molar-refractivity contribution in [3.05, 3.63) is 22.4 Å². The summed E-state index contributed by atoms with van der Waals surface area (Å²) in [5.74, 6) is 0. The first-order valence-corrected chi connectivity index (χ1v) is 4.31. The van der Waals surface area contributed by atoms with Crippen LogP contribution >= 0.6 is 11.3 Å². The van der Waals surface area contributed by atoms with Crippen molar-refractivity contribution in [2.75, 3.05) is 6.54 Å². The van der Waals surface area contributed by atoms with Gasteiger partial charge in [0.15, 0.2) is 0 Å². The van der Waals surface area contributed by atoms with E-state index in [1.165, 1.54) is 11.3 Å². The quantitative estimate of drug-likeness (QED) is 0.662. The number of hydrogen-bond donors (Lipinski definition) is 3. The maximum Gasteiger partial charge on any atom is 0.404 e. The zero-order valence-corrected chi connectivity index (χ0v) is 7.04. The van der Waals surface area contributed by atoms with Crippen molar-refractivity contribution in [1.82, 2.24) is 5.32 Å². The molecule has 0 aliphatic carbocycles. The highest BCUT2D eigenvalue weighted by Gasteiger charge is 2.07. The lowest BCUT2D eigenvalue weighted by Gasteiger charge is -2.07. The molecule has 1 aromatic heterocycles. The number of rotatable bonds is 3. The Morgan fingerprint density at radius 3 is 3.00 bits per heavy atom. The van der Waals surface area contributed by atoms with Gasteiger partial charge in [-0.05, 0) is 22.4 Å². The number of amides is 1. The van der Waals surface area contributed by atoms with Crippen molar-refractivity contribution in [1.29, 1.82) is 0 Å². The molecule has 1 amide bonds. The molecule has 0 radical (unpaired) electrons. The summed E-state index contributed by atoms with van der Waals surface area (Å²) >= 11 is 1.47. The first-order chi connectivity index (χ1) is 5.70. The molecule has 0 saturated carbocycles. The van der Waals surface area contributed by atoms with Crippen molar-refractivity contribution in [2.24, 2.45) is 0 Å². The number of aliphatic hydroxyl groups is 1. The van der Waals surface area contributed by atoms with Gasteiger partial charge >= 0.3 is 6.09 Å². The molecule has 1 rings (SSSR count). The van der Waals surface area contributed by atoms with Gasteiger partial charge in [0.2, 0.25) is 0 Å². The monoisotopic (exact) mass is 187 g/mol. The van der Waals surface area contributed by atoms with Crippen molar-refractivity contribution in [3.8, 4) is 0 Å². The molecule has 0 aliphatic rings. The summed E-state index contributed by atoms with van der Waals surface area (Å²) in [4.78, 5) is 10.1. The highest BCUT2D eigenvalue weighted by atomic mass is 32.1. The minimum absolute atomic E-state index is 0.0338. The fourth-order valence-electron chi connectivity index (χ4n) is 0.766. The van der Waals surface area contributed by atoms with Crippen molar-refractivity contribution in [3.63, 3.8) is 0 Å². The maximum absolute atomic E-state index is 10.1. The number of hydrogen-bond acceptors (Lipinski definition) is 3. The summed E-state index contributed by atoms with van der Waals surface area (Å²) < 4.78 is 0. The van der Waals surface area contributed by atoms with Crippen LogP contribution in [0.1, 0.15) is 11.7 Å². The molecule has 0 aliphatic heterocycles. The first kappa shape index (κ1) is 9.02. The van der Waals surface area contributed by atoms with E-state index in [4.69, 9.17) is 5.11 Å². The highest BCUT2D eigenvalue weighted by Crippen LogP contribution is 2.14. The van der Waals surface area contributed by atoms with Gasteiger partial charge < -0.3 is 15.5 Å². The van der Waals surface area contributed by atoms with Crippen LogP contribution in [0.5, 0.6) is 0 Å². The molecular formula is C7H9NO3S. The fraction of sp³-hybridized carbons (Fsp3) is 0.286. The van der Waals surface area contributed by atoms with Crippen molar-refractivity contribution < 1.29 is 15.0 Å². The summed E-state index contributed by atoms with van der Waals surface area (Å²) in [6, 6.07) is 1.76. The summed E-state index contributed by atoms with van der Waals surface area (Å²) in [6.07, 6.45) is -1.86. The number of aliphatic hydroxyl groups excluding tert-OH is 1. The molecule has 1 atom stereocenters. The topological polar surface area (TPSA) is 69.6 Å². The second-order valence-corrected chi connectivity index (χ2v) is 3.04. The van der Waals surface area contributed by atoms with Crippen molar-refractivity contribution >= 4 is 17.4 Å². The lowest BCUT2D eigenvalue weighted by Crippen LogP contribution is -2.26. The van der Waals surface area contributed by atoms with Crippen LogP contribution in [0.15, 0.2) is 16.8 Å². The third-order valence-corrected chi connectivity index (χ3v) is 2.08. The predicted molar refractivity (Wildman–Crippen MR) is 45.3 cm³/mol.